The first-order valence-corrected chi connectivity index (χ1v) is 59.9. The van der Waals surface area contributed by atoms with Gasteiger partial charge in [0.05, 0.1) is 0 Å². The van der Waals surface area contributed by atoms with Crippen molar-refractivity contribution in [2.24, 2.45) is 0 Å². The second-order valence-corrected chi connectivity index (χ2v) is 48.6. The summed E-state index contributed by atoms with van der Waals surface area (Å²) in [5.74, 6) is 1.42. The van der Waals surface area contributed by atoms with Gasteiger partial charge in [-0.3, -0.25) is 0 Å². The first kappa shape index (κ1) is 130. The van der Waals surface area contributed by atoms with Crippen molar-refractivity contribution in [1.82, 2.24) is 0 Å². The molecule has 0 fully saturated rings. The van der Waals surface area contributed by atoms with E-state index in [1.54, 1.807) is 30.3 Å². The Morgan fingerprint density at radius 3 is 0.836 bits per heavy atom. The van der Waals surface area contributed by atoms with E-state index in [4.69, 9.17) is 16.0 Å². The molecular weight excluding hydrogens is 2040 g/mol. The number of hydrogen-bond acceptors (Lipinski definition) is 5. The Labute approximate surface area is 894 Å². The number of phenolic OH excluding ortho intramolecular Hbond substituents is 5. The molecule has 0 spiro atoms. The van der Waals surface area contributed by atoms with Gasteiger partial charge in [-0.15, -0.1) is 60.4 Å². The number of halogens is 7. The molecule has 10 aromatic rings. The summed E-state index contributed by atoms with van der Waals surface area (Å²) in [5.41, 5.74) is 16.3. The summed E-state index contributed by atoms with van der Waals surface area (Å²) >= 11 is 7.36. The van der Waals surface area contributed by atoms with E-state index >= 15 is 0 Å². The van der Waals surface area contributed by atoms with Crippen LogP contribution in [0.25, 0.3) is 26.6 Å². The molecule has 10 aromatic carbocycles. The van der Waals surface area contributed by atoms with Crippen molar-refractivity contribution in [1.29, 1.82) is 0 Å². The van der Waals surface area contributed by atoms with E-state index < -0.39 is 0 Å². The molecule has 0 aliphatic rings. The molecular formula is C107H147Cl5F2N5O5P5Ti5. The van der Waals surface area contributed by atoms with Gasteiger partial charge in [0.15, 0.2) is 0 Å². The van der Waals surface area contributed by atoms with Crippen molar-refractivity contribution < 1.29 is 131 Å². The Balaban J connectivity index is 0.000000820. The average molecular weight is 2190 g/mol. The van der Waals surface area contributed by atoms with Gasteiger partial charge in [-0.2, -0.15) is 0 Å². The second kappa shape index (κ2) is 60.7. The molecule has 724 valence electrons. The monoisotopic (exact) mass is 2190 g/mol. The summed E-state index contributed by atoms with van der Waals surface area (Å²) in [6.45, 7) is 73.1. The third-order valence-corrected chi connectivity index (χ3v) is 27.1. The normalized spacial score (nSPS) is 12.0. The van der Waals surface area contributed by atoms with Crippen LogP contribution in [0.2, 0.25) is 0 Å². The predicted molar refractivity (Wildman–Crippen MR) is 577 cm³/mol. The number of phenols is 5. The average Bonchev–Trinajstić information content (AvgIpc) is 0.685. The minimum absolute atomic E-state index is 0.0323. The van der Waals surface area contributed by atoms with Crippen LogP contribution in [0.3, 0.4) is 0 Å². The van der Waals surface area contributed by atoms with Gasteiger partial charge in [-0.05, 0) is 166 Å². The Kier molecular flexibility index (Phi) is 58.9. The Morgan fingerprint density at radius 2 is 0.515 bits per heavy atom. The second-order valence-electron chi connectivity index (χ2n) is 42.0. The van der Waals surface area contributed by atoms with Crippen LogP contribution in [-0.4, -0.2) is 53.2 Å². The molecule has 0 aliphatic heterocycles. The molecule has 0 amide bonds. The van der Waals surface area contributed by atoms with Crippen molar-refractivity contribution in [3.05, 3.63) is 292 Å². The predicted octanol–water partition coefficient (Wildman–Crippen LogP) is 29.2. The van der Waals surface area contributed by atoms with Crippen LogP contribution in [-0.2, 0) is 151 Å². The molecule has 10 nitrogen and oxygen atoms in total. The fourth-order valence-electron chi connectivity index (χ4n) is 12.7. The summed E-state index contributed by atoms with van der Waals surface area (Å²) in [4.78, 5) is 0. The van der Waals surface area contributed by atoms with Crippen LogP contribution in [0.15, 0.2) is 170 Å². The third-order valence-electron chi connectivity index (χ3n) is 20.0. The molecule has 5 N–H and O–H groups in total. The molecule has 5 atom stereocenters. The Morgan fingerprint density at radius 1 is 0.246 bits per heavy atom. The number of hydrogen-bond donors (Lipinski definition) is 5. The minimum atomic E-state index is -0.250. The van der Waals surface area contributed by atoms with E-state index in [0.29, 0.717) is 81.5 Å². The molecule has 0 saturated carbocycles. The van der Waals surface area contributed by atoms with Crippen molar-refractivity contribution in [2.75, 3.05) is 0 Å². The van der Waals surface area contributed by atoms with Gasteiger partial charge in [-0.1, -0.05) is 396 Å². The van der Waals surface area contributed by atoms with Crippen molar-refractivity contribution in [3.63, 3.8) is 0 Å². The van der Waals surface area contributed by atoms with Gasteiger partial charge < -0.3 is 52.1 Å². The molecule has 0 heterocycles. The van der Waals surface area contributed by atoms with Gasteiger partial charge in [0.25, 0.3) is 0 Å². The first-order chi connectivity index (χ1) is 61.9. The number of para-hydroxylation sites is 2. The molecule has 0 aliphatic carbocycles. The van der Waals surface area contributed by atoms with Crippen molar-refractivity contribution >= 4 is 142 Å². The fraction of sp³-hybridized carbons (Fsp3) is 0.439. The summed E-state index contributed by atoms with van der Waals surface area (Å²) in [5, 5.41) is 87.0. The Bertz CT molecular complexity index is 5210. The number of aromatic hydroxyl groups is 5. The standard InChI is InChI=1S/C26H39NOP.2C23H33NOP.C18H22FNOP.C17H20FNOP.5ClH.5Ti/c1-17-11-12-21(18(13-17)16-27-26(8,9)10)29-22-15-19(24(2,3)4)14-20(23(22)28)25(5,6)7;1-15-9-10-19(17(11-15)14-24-23(6,7)8)26-20-13-18(22(3,4)5)12-16(2)21(20)25;1-15-9-10-19(17(11-15)14-24-23(6,7)8)26-20-13-16(2)12-18(21(20)25)22(3,4)5;1-12-6-5-7-16(17(12)21)22-15-9-8-14(19)10-13(15)11-20-18(2,3)4;1-17(2,3)19-11-12-10-13(18)8-9-15(12)21-16-7-5-4-6-14(16)20;;;;;;;;;;/h11-15,28-29H,16H2,1-10H3;2*9-13,25-26H,14H2,1-8H3;5-10,21-22H,11H2,1-4H3;4-10,20-21H,11H2,1-3H3;5*1H;;;;;/q5*-1;;;;;;5*+2/p-5. The van der Waals surface area contributed by atoms with Crippen molar-refractivity contribution in [3.8, 4) is 28.7 Å². The van der Waals surface area contributed by atoms with Crippen LogP contribution in [0.5, 0.6) is 28.7 Å². The fourth-order valence-corrected chi connectivity index (χ4v) is 19.0. The summed E-state index contributed by atoms with van der Waals surface area (Å²) < 4.78 is 27.1. The van der Waals surface area contributed by atoms with Crippen LogP contribution in [0, 0.1) is 53.2 Å². The summed E-state index contributed by atoms with van der Waals surface area (Å²) in [6, 6.07) is 55.2. The van der Waals surface area contributed by atoms with Gasteiger partial charge in [-0.25, -0.2) is 8.78 Å². The van der Waals surface area contributed by atoms with Crippen LogP contribution in [0.1, 0.15) is 270 Å². The van der Waals surface area contributed by atoms with E-state index in [1.165, 1.54) is 181 Å². The van der Waals surface area contributed by atoms with E-state index in [2.05, 4.69) is 321 Å². The third kappa shape index (κ3) is 49.1. The molecule has 27 heteroatoms. The van der Waals surface area contributed by atoms with E-state index in [-0.39, 0.29) is 83.9 Å². The van der Waals surface area contributed by atoms with Crippen LogP contribution >= 0.6 is 89.4 Å². The van der Waals surface area contributed by atoms with Gasteiger partial charge >= 0.3 is 143 Å². The molecule has 0 bridgehead atoms. The molecule has 134 heavy (non-hydrogen) atoms. The molecule has 0 aromatic heterocycles. The van der Waals surface area contributed by atoms with Gasteiger partial charge in [0, 0.05) is 37.6 Å². The number of aryl methyl sites for hydroxylation is 6. The maximum atomic E-state index is 13.6. The van der Waals surface area contributed by atoms with Crippen LogP contribution < -0.4 is 53.0 Å². The zero-order chi connectivity index (χ0) is 103. The summed E-state index contributed by atoms with van der Waals surface area (Å²) in [6.07, 6.45) is 0. The summed E-state index contributed by atoms with van der Waals surface area (Å²) in [7, 11) is 25.0. The van der Waals surface area contributed by atoms with Crippen molar-refractivity contribution in [2.45, 2.75) is 311 Å². The topological polar surface area (TPSA) is 172 Å². The quantitative estimate of drug-likeness (QED) is 0.0377. The molecule has 5 unspecified atom stereocenters. The SMILES string of the molecule is CC(C)(C)[N-]Cc1cc(F)ccc1Pc1ccccc1O.Cc1ccc(Pc2cc(C(C)(C)C)cc(C(C)(C)C)c2O)c(C[N-]C(C)(C)C)c1.Cc1ccc(Pc2cc(C(C)(C)C)cc(C)c2O)c(C[N-]C(C)(C)C)c1.Cc1ccc(Pc2cc(C)cc(C(C)(C)C)c2O)c(C[N-]C(C)(C)C)c1.Cc1cccc(Pc2ccc(F)cc2C[N-]C(C)(C)C)c1O.[Cl][Ti+].[Cl][Ti+].[Cl][Ti+].[Cl][Ti+].[Cl][Ti+]. The Hall–Kier alpha value is -1.97. The molecule has 0 radical (unpaired) electrons. The van der Waals surface area contributed by atoms with E-state index in [0.717, 1.165) is 70.5 Å². The number of nitrogens with zero attached hydrogens (tertiary/aromatic N) is 5. The van der Waals surface area contributed by atoms with E-state index in [1.807, 2.05) is 85.7 Å². The van der Waals surface area contributed by atoms with E-state index in [9.17, 15) is 34.3 Å². The zero-order valence-electron chi connectivity index (χ0n) is 85.3. The van der Waals surface area contributed by atoms with Gasteiger partial charge in [0.2, 0.25) is 0 Å². The molecule has 0 saturated heterocycles. The number of benzene rings is 10. The molecule has 10 rings (SSSR count). The number of rotatable bonds is 20. The maximum absolute atomic E-state index is 13.6. The van der Waals surface area contributed by atoms with Gasteiger partial charge in [0.1, 0.15) is 40.4 Å². The van der Waals surface area contributed by atoms with Crippen LogP contribution in [0.4, 0.5) is 8.78 Å². The zero-order valence-corrected chi connectivity index (χ0v) is 102. The first-order valence-electron chi connectivity index (χ1n) is 44.1.